The van der Waals surface area contributed by atoms with E-state index in [0.29, 0.717) is 16.5 Å². The van der Waals surface area contributed by atoms with E-state index in [2.05, 4.69) is 9.64 Å². The molecule has 1 aliphatic rings. The quantitative estimate of drug-likeness (QED) is 0.762. The molecule has 3 rings (SSSR count). The summed E-state index contributed by atoms with van der Waals surface area (Å²) in [6, 6.07) is 11.0. The van der Waals surface area contributed by atoms with E-state index < -0.39 is 6.36 Å². The van der Waals surface area contributed by atoms with E-state index in [1.54, 1.807) is 30.3 Å². The van der Waals surface area contributed by atoms with Gasteiger partial charge in [-0.25, -0.2) is 0 Å². The minimum absolute atomic E-state index is 0.0280. The first kappa shape index (κ1) is 18.5. The van der Waals surface area contributed by atoms with E-state index in [9.17, 15) is 13.2 Å². The van der Waals surface area contributed by atoms with Crippen LogP contribution in [0.2, 0.25) is 5.02 Å². The summed E-state index contributed by atoms with van der Waals surface area (Å²) in [5.41, 5.74) is 7.10. The summed E-state index contributed by atoms with van der Waals surface area (Å²) in [5, 5.41) is 0.479. The molecule has 140 valence electrons. The van der Waals surface area contributed by atoms with Crippen molar-refractivity contribution in [3.8, 4) is 11.5 Å². The van der Waals surface area contributed by atoms with Crippen molar-refractivity contribution in [2.24, 2.45) is 0 Å². The molecule has 0 radical (unpaired) electrons. The lowest BCUT2D eigenvalue weighted by Gasteiger charge is -2.34. The molecule has 0 amide bonds. The Labute approximate surface area is 154 Å². The van der Waals surface area contributed by atoms with Crippen molar-refractivity contribution in [1.82, 2.24) is 0 Å². The molecule has 0 saturated carbocycles. The first-order valence-electron chi connectivity index (χ1n) is 8.12. The Bertz CT molecular complexity index is 745. The van der Waals surface area contributed by atoms with E-state index >= 15 is 0 Å². The van der Waals surface area contributed by atoms with Crippen LogP contribution in [0.25, 0.3) is 0 Å². The number of rotatable bonds is 4. The summed E-state index contributed by atoms with van der Waals surface area (Å²) in [4.78, 5) is 2.10. The molecule has 1 heterocycles. The SMILES string of the molecule is Nc1ccc(OC2CCN(c3ccc(OC(F)(F)F)cc3)CC2)c(Cl)c1. The van der Waals surface area contributed by atoms with Crippen LogP contribution in [-0.2, 0) is 0 Å². The molecule has 26 heavy (non-hydrogen) atoms. The molecule has 0 aromatic heterocycles. The molecular formula is C18H18ClF3N2O2. The number of alkyl halides is 3. The van der Waals surface area contributed by atoms with E-state index in [1.807, 2.05) is 0 Å². The molecule has 4 nitrogen and oxygen atoms in total. The number of ether oxygens (including phenoxy) is 2. The third-order valence-electron chi connectivity index (χ3n) is 4.13. The number of piperidine rings is 1. The van der Waals surface area contributed by atoms with Crippen LogP contribution >= 0.6 is 11.6 Å². The van der Waals surface area contributed by atoms with Gasteiger partial charge < -0.3 is 20.1 Å². The third kappa shape index (κ3) is 4.88. The van der Waals surface area contributed by atoms with Gasteiger partial charge >= 0.3 is 6.36 Å². The summed E-state index contributed by atoms with van der Waals surface area (Å²) in [5.74, 6) is 0.380. The van der Waals surface area contributed by atoms with Crippen LogP contribution in [0.5, 0.6) is 11.5 Å². The van der Waals surface area contributed by atoms with Crippen LogP contribution in [0.3, 0.4) is 0 Å². The summed E-state index contributed by atoms with van der Waals surface area (Å²) in [6.45, 7) is 1.47. The van der Waals surface area contributed by atoms with Gasteiger partial charge in [0.2, 0.25) is 0 Å². The van der Waals surface area contributed by atoms with Gasteiger partial charge in [-0.1, -0.05) is 11.6 Å². The fourth-order valence-corrected chi connectivity index (χ4v) is 3.12. The van der Waals surface area contributed by atoms with Crippen molar-refractivity contribution >= 4 is 23.0 Å². The van der Waals surface area contributed by atoms with Crippen LogP contribution in [0.1, 0.15) is 12.8 Å². The number of nitrogens with two attached hydrogens (primary N) is 1. The predicted octanol–water partition coefficient (Wildman–Crippen LogP) is 4.87. The molecule has 1 saturated heterocycles. The molecular weight excluding hydrogens is 369 g/mol. The third-order valence-corrected chi connectivity index (χ3v) is 4.42. The molecule has 2 aromatic rings. The first-order valence-corrected chi connectivity index (χ1v) is 8.50. The molecule has 0 spiro atoms. The number of benzene rings is 2. The summed E-state index contributed by atoms with van der Waals surface area (Å²) in [7, 11) is 0. The second-order valence-corrected chi connectivity index (χ2v) is 6.44. The Hall–Kier alpha value is -2.28. The Morgan fingerprint density at radius 2 is 1.69 bits per heavy atom. The van der Waals surface area contributed by atoms with Crippen molar-refractivity contribution in [1.29, 1.82) is 0 Å². The zero-order chi connectivity index (χ0) is 18.7. The average Bonchev–Trinajstić information content (AvgIpc) is 2.57. The highest BCUT2D eigenvalue weighted by Gasteiger charge is 2.31. The number of hydrogen-bond donors (Lipinski definition) is 1. The summed E-state index contributed by atoms with van der Waals surface area (Å²) < 4.78 is 46.4. The average molecular weight is 387 g/mol. The van der Waals surface area contributed by atoms with Crippen molar-refractivity contribution in [2.75, 3.05) is 23.7 Å². The Balaban J connectivity index is 1.55. The fraction of sp³-hybridized carbons (Fsp3) is 0.333. The van der Waals surface area contributed by atoms with Crippen molar-refractivity contribution in [3.63, 3.8) is 0 Å². The number of nitrogens with zero attached hydrogens (tertiary/aromatic N) is 1. The highest BCUT2D eigenvalue weighted by Crippen LogP contribution is 2.31. The van der Waals surface area contributed by atoms with Gasteiger partial charge in [-0.3, -0.25) is 0 Å². The summed E-state index contributed by atoms with van der Waals surface area (Å²) >= 11 is 6.13. The number of hydrogen-bond acceptors (Lipinski definition) is 4. The zero-order valence-corrected chi connectivity index (χ0v) is 14.6. The lowest BCUT2D eigenvalue weighted by molar-refractivity contribution is -0.274. The smallest absolute Gasteiger partial charge is 0.489 e. The monoisotopic (exact) mass is 386 g/mol. The molecule has 0 aliphatic carbocycles. The van der Waals surface area contributed by atoms with Gasteiger partial charge in [0.25, 0.3) is 0 Å². The summed E-state index contributed by atoms with van der Waals surface area (Å²) in [6.07, 6.45) is -3.09. The zero-order valence-electron chi connectivity index (χ0n) is 13.8. The van der Waals surface area contributed by atoms with Crippen LogP contribution in [0.15, 0.2) is 42.5 Å². The molecule has 2 aromatic carbocycles. The molecule has 8 heteroatoms. The van der Waals surface area contributed by atoms with Crippen molar-refractivity contribution in [3.05, 3.63) is 47.5 Å². The molecule has 0 unspecified atom stereocenters. The lowest BCUT2D eigenvalue weighted by atomic mass is 10.1. The van der Waals surface area contributed by atoms with Gasteiger partial charge in [0.15, 0.2) is 0 Å². The fourth-order valence-electron chi connectivity index (χ4n) is 2.88. The number of nitrogen functional groups attached to an aromatic ring is 1. The van der Waals surface area contributed by atoms with Gasteiger partial charge in [-0.05, 0) is 42.5 Å². The van der Waals surface area contributed by atoms with Gasteiger partial charge in [0.05, 0.1) is 5.02 Å². The second kappa shape index (κ2) is 7.53. The van der Waals surface area contributed by atoms with Crippen LogP contribution < -0.4 is 20.1 Å². The number of halogens is 4. The lowest BCUT2D eigenvalue weighted by Crippen LogP contribution is -2.38. The predicted molar refractivity (Wildman–Crippen MR) is 94.9 cm³/mol. The minimum Gasteiger partial charge on any atom is -0.489 e. The van der Waals surface area contributed by atoms with Crippen molar-refractivity contribution in [2.45, 2.75) is 25.3 Å². The maximum absolute atomic E-state index is 12.2. The van der Waals surface area contributed by atoms with Gasteiger partial charge in [-0.2, -0.15) is 0 Å². The highest BCUT2D eigenvalue weighted by molar-refractivity contribution is 6.32. The van der Waals surface area contributed by atoms with E-state index in [0.717, 1.165) is 31.6 Å². The van der Waals surface area contributed by atoms with Crippen LogP contribution in [0, 0.1) is 0 Å². The maximum Gasteiger partial charge on any atom is 0.573 e. The Kier molecular flexibility index (Phi) is 5.36. The standard InChI is InChI=1S/C18H18ClF3N2O2/c19-16-11-12(23)1-6-17(16)25-14-7-9-24(10-8-14)13-2-4-15(5-3-13)26-18(20,21)22/h1-6,11,14H,7-10,23H2. The van der Waals surface area contributed by atoms with Gasteiger partial charge in [0, 0.05) is 37.3 Å². The highest BCUT2D eigenvalue weighted by atomic mass is 35.5. The largest absolute Gasteiger partial charge is 0.573 e. The molecule has 0 atom stereocenters. The first-order chi connectivity index (χ1) is 12.3. The Morgan fingerprint density at radius 1 is 1.04 bits per heavy atom. The Morgan fingerprint density at radius 3 is 2.27 bits per heavy atom. The molecule has 0 bridgehead atoms. The van der Waals surface area contributed by atoms with Crippen molar-refractivity contribution < 1.29 is 22.6 Å². The number of anilines is 2. The van der Waals surface area contributed by atoms with Crippen LogP contribution in [-0.4, -0.2) is 25.6 Å². The molecule has 1 fully saturated rings. The van der Waals surface area contributed by atoms with E-state index in [1.165, 1.54) is 12.1 Å². The van der Waals surface area contributed by atoms with Crippen LogP contribution in [0.4, 0.5) is 24.5 Å². The normalized spacial score (nSPS) is 15.8. The molecule has 2 N–H and O–H groups in total. The van der Waals surface area contributed by atoms with E-state index in [4.69, 9.17) is 22.1 Å². The molecule has 1 aliphatic heterocycles. The maximum atomic E-state index is 12.2. The second-order valence-electron chi connectivity index (χ2n) is 6.04. The van der Waals surface area contributed by atoms with Gasteiger partial charge in [0.1, 0.15) is 17.6 Å². The topological polar surface area (TPSA) is 47.7 Å². The van der Waals surface area contributed by atoms with E-state index in [-0.39, 0.29) is 11.9 Å². The van der Waals surface area contributed by atoms with Gasteiger partial charge in [-0.15, -0.1) is 13.2 Å². The minimum atomic E-state index is -4.68.